The van der Waals surface area contributed by atoms with Crippen molar-refractivity contribution in [1.82, 2.24) is 5.32 Å². The molecule has 2 aliphatic heterocycles. The first-order valence-corrected chi connectivity index (χ1v) is 13.5. The van der Waals surface area contributed by atoms with Crippen LogP contribution in [0.3, 0.4) is 0 Å². The van der Waals surface area contributed by atoms with Crippen molar-refractivity contribution in [2.24, 2.45) is 35.1 Å². The highest BCUT2D eigenvalue weighted by atomic mass is 19.4. The molecule has 6 rings (SSSR count). The summed E-state index contributed by atoms with van der Waals surface area (Å²) in [7, 11) is 0. The first kappa shape index (κ1) is 27.3. The van der Waals surface area contributed by atoms with E-state index in [9.17, 15) is 42.6 Å². The smallest absolute Gasteiger partial charge is 0.417 e. The number of halogens is 3. The summed E-state index contributed by atoms with van der Waals surface area (Å²) in [6.07, 6.45) is -5.18. The number of fused-ring (bicyclic) bond motifs is 4. The van der Waals surface area contributed by atoms with Gasteiger partial charge in [-0.3, -0.25) is 19.2 Å². The average molecular weight is 566 g/mol. The molecule has 9 atom stereocenters. The highest BCUT2D eigenvalue weighted by molar-refractivity contribution is 6.19. The van der Waals surface area contributed by atoms with E-state index in [0.29, 0.717) is 19.4 Å². The van der Waals surface area contributed by atoms with Crippen LogP contribution in [0.1, 0.15) is 65.7 Å². The van der Waals surface area contributed by atoms with Gasteiger partial charge in [-0.2, -0.15) is 13.2 Å². The van der Waals surface area contributed by atoms with E-state index in [4.69, 9.17) is 16.2 Å². The van der Waals surface area contributed by atoms with Crippen LogP contribution in [0.25, 0.3) is 0 Å². The molecule has 4 fully saturated rings. The van der Waals surface area contributed by atoms with Gasteiger partial charge in [0.05, 0.1) is 29.2 Å². The lowest BCUT2D eigenvalue weighted by Crippen LogP contribution is -2.77. The van der Waals surface area contributed by atoms with E-state index in [2.05, 4.69) is 5.32 Å². The van der Waals surface area contributed by atoms with Gasteiger partial charge in [-0.25, -0.2) is 0 Å². The van der Waals surface area contributed by atoms with E-state index in [1.165, 1.54) is 0 Å². The van der Waals surface area contributed by atoms with Crippen LogP contribution in [0.15, 0.2) is 6.07 Å². The summed E-state index contributed by atoms with van der Waals surface area (Å²) in [6, 6.07) is -1.28. The van der Waals surface area contributed by atoms with Gasteiger partial charge in [0.25, 0.3) is 0 Å². The van der Waals surface area contributed by atoms with E-state index >= 15 is 0 Å². The lowest BCUT2D eigenvalue weighted by molar-refractivity contribution is -0.188. The zero-order chi connectivity index (χ0) is 29.1. The summed E-state index contributed by atoms with van der Waals surface area (Å²) in [5.74, 6) is -10.5. The van der Waals surface area contributed by atoms with Crippen molar-refractivity contribution in [3.63, 3.8) is 0 Å². The van der Waals surface area contributed by atoms with Crippen LogP contribution in [0, 0.1) is 23.7 Å². The Bertz CT molecular complexity index is 1360. The molecule has 1 aromatic carbocycles. The highest BCUT2D eigenvalue weighted by Crippen LogP contribution is 2.63. The molecule has 0 aromatic heterocycles. The number of Topliss-reactive ketones (excluding diaryl/α,β-unsaturated/α-hetero) is 3. The summed E-state index contributed by atoms with van der Waals surface area (Å²) < 4.78 is 49.4. The number of aromatic hydroxyl groups is 1. The number of amides is 1. The van der Waals surface area contributed by atoms with Gasteiger partial charge in [0, 0.05) is 12.0 Å². The predicted molar refractivity (Wildman–Crippen MR) is 130 cm³/mol. The summed E-state index contributed by atoms with van der Waals surface area (Å²) in [6.45, 7) is 2.15. The molecule has 40 heavy (non-hydrogen) atoms. The van der Waals surface area contributed by atoms with Crippen molar-refractivity contribution in [3.8, 4) is 5.75 Å². The third-order valence-electron chi connectivity index (χ3n) is 9.86. The van der Waals surface area contributed by atoms with Gasteiger partial charge in [-0.05, 0) is 61.8 Å². The number of hydrogen-bond acceptors (Lipinski definition) is 9. The highest BCUT2D eigenvalue weighted by Gasteiger charge is 2.84. The summed E-state index contributed by atoms with van der Waals surface area (Å²) in [5.41, 5.74) is 4.91. The molecule has 1 spiro atoms. The Morgan fingerprint density at radius 3 is 2.52 bits per heavy atom. The fraction of sp³-hybridized carbons (Fsp3) is 0.630. The Balaban J connectivity index is 1.51. The van der Waals surface area contributed by atoms with E-state index in [0.717, 1.165) is 6.07 Å². The number of primary amides is 1. The third-order valence-corrected chi connectivity index (χ3v) is 9.86. The van der Waals surface area contributed by atoms with Crippen LogP contribution >= 0.6 is 0 Å². The lowest BCUT2D eigenvalue weighted by Gasteiger charge is -2.54. The van der Waals surface area contributed by atoms with Crippen LogP contribution in [-0.4, -0.2) is 63.4 Å². The van der Waals surface area contributed by atoms with Gasteiger partial charge >= 0.3 is 6.18 Å². The molecule has 1 aromatic rings. The van der Waals surface area contributed by atoms with Gasteiger partial charge in [-0.15, -0.1) is 0 Å². The summed E-state index contributed by atoms with van der Waals surface area (Å²) >= 11 is 0. The minimum atomic E-state index is -4.86. The molecular weight excluding hydrogens is 535 g/mol. The number of carbonyl (C=O) groups is 4. The SMILES string of the molecule is CCC1OC12C(C(N)=O)C(=O)C(N)C1CC3Cc4c(c(O)cc(C5CCCN5)c4C(F)(F)F)C(=O)C3C(=O)C12O. The second kappa shape index (κ2) is 8.57. The van der Waals surface area contributed by atoms with Gasteiger partial charge in [-0.1, -0.05) is 6.92 Å². The monoisotopic (exact) mass is 565 g/mol. The van der Waals surface area contributed by atoms with Gasteiger partial charge in [0.15, 0.2) is 23.0 Å². The molecule has 7 N–H and O–H groups in total. The van der Waals surface area contributed by atoms with Crippen molar-refractivity contribution in [2.75, 3.05) is 6.54 Å². The molecule has 0 radical (unpaired) electrons. The first-order valence-electron chi connectivity index (χ1n) is 13.5. The quantitative estimate of drug-likeness (QED) is 0.260. The largest absolute Gasteiger partial charge is 0.507 e. The topological polar surface area (TPSA) is 185 Å². The zero-order valence-electron chi connectivity index (χ0n) is 21.6. The number of epoxide rings is 1. The van der Waals surface area contributed by atoms with Crippen LogP contribution in [-0.2, 0) is 31.7 Å². The molecule has 2 heterocycles. The van der Waals surface area contributed by atoms with Gasteiger partial charge in [0.2, 0.25) is 5.91 Å². The van der Waals surface area contributed by atoms with Crippen LogP contribution in [0.4, 0.5) is 13.2 Å². The molecule has 0 bridgehead atoms. The van der Waals surface area contributed by atoms with Crippen molar-refractivity contribution >= 4 is 23.3 Å². The number of nitrogens with one attached hydrogen (secondary N) is 1. The lowest BCUT2D eigenvalue weighted by atomic mass is 9.48. The number of benzene rings is 1. The zero-order valence-corrected chi connectivity index (χ0v) is 21.6. The van der Waals surface area contributed by atoms with Crippen molar-refractivity contribution in [1.29, 1.82) is 0 Å². The minimum Gasteiger partial charge on any atom is -0.507 e. The van der Waals surface area contributed by atoms with Crippen molar-refractivity contribution in [3.05, 3.63) is 28.3 Å². The van der Waals surface area contributed by atoms with Gasteiger partial charge in [0.1, 0.15) is 17.3 Å². The molecule has 2 saturated heterocycles. The number of phenols is 1. The number of rotatable bonds is 3. The third kappa shape index (κ3) is 3.25. The number of nitrogens with two attached hydrogens (primary N) is 2. The Morgan fingerprint density at radius 2 is 1.98 bits per heavy atom. The summed E-state index contributed by atoms with van der Waals surface area (Å²) in [4.78, 5) is 53.7. The second-order valence-electron chi connectivity index (χ2n) is 11.7. The number of ether oxygens (including phenoxy) is 1. The normalized spacial score (nSPS) is 40.5. The number of ketones is 3. The molecule has 3 aliphatic carbocycles. The maximum Gasteiger partial charge on any atom is 0.417 e. The fourth-order valence-corrected chi connectivity index (χ4v) is 8.24. The van der Waals surface area contributed by atoms with E-state index in [1.54, 1.807) is 6.92 Å². The molecule has 9 unspecified atom stereocenters. The fourth-order valence-electron chi connectivity index (χ4n) is 8.24. The molecule has 5 aliphatic rings. The Morgan fingerprint density at radius 1 is 1.27 bits per heavy atom. The maximum absolute atomic E-state index is 14.6. The molecule has 1 amide bonds. The molecule has 2 saturated carbocycles. The Kier molecular flexibility index (Phi) is 5.85. The van der Waals surface area contributed by atoms with Gasteiger partial charge < -0.3 is 31.7 Å². The van der Waals surface area contributed by atoms with E-state index in [-0.39, 0.29) is 18.4 Å². The van der Waals surface area contributed by atoms with Crippen LogP contribution in [0.5, 0.6) is 5.75 Å². The number of alkyl halides is 3. The van der Waals surface area contributed by atoms with Crippen molar-refractivity contribution in [2.45, 2.75) is 74.6 Å². The molecule has 216 valence electrons. The number of aliphatic hydroxyl groups is 1. The van der Waals surface area contributed by atoms with Crippen LogP contribution < -0.4 is 16.8 Å². The average Bonchev–Trinajstić information content (AvgIpc) is 3.33. The second-order valence-corrected chi connectivity index (χ2v) is 11.7. The summed E-state index contributed by atoms with van der Waals surface area (Å²) in [5, 5.41) is 26.0. The Hall–Kier alpha value is -2.87. The maximum atomic E-state index is 14.6. The van der Waals surface area contributed by atoms with E-state index < -0.39 is 111 Å². The van der Waals surface area contributed by atoms with Crippen molar-refractivity contribution < 1.29 is 47.3 Å². The van der Waals surface area contributed by atoms with E-state index in [1.807, 2.05) is 0 Å². The number of hydrogen-bond donors (Lipinski definition) is 5. The molecule has 13 heteroatoms. The minimum absolute atomic E-state index is 0.170. The first-order chi connectivity index (χ1) is 18.7. The predicted octanol–water partition coefficient (Wildman–Crippen LogP) is 0.686. The standard InChI is InChI=1S/C27H30F3N3O7/c1-2-15-26(40-15)19(24(32)38)22(36)20(31)12-7-9-6-11-17(21(35)16(9)23(37)25(12,26)39)14(34)8-10(13-4-3-5-33-13)18(11)27(28,29)30/h8-9,12-13,15-16,19-20,33-34,39H,2-7,31H2,1H3,(H2,32,38). The number of carbonyl (C=O) groups excluding carboxylic acids is 4. The van der Waals surface area contributed by atoms with Crippen LogP contribution in [0.2, 0.25) is 0 Å². The molecular formula is C27H30F3N3O7. The Labute approximate surface area is 226 Å². The molecule has 10 nitrogen and oxygen atoms in total. The number of phenolic OH excluding ortho intramolecular Hbond substituents is 1.